The summed E-state index contributed by atoms with van der Waals surface area (Å²) in [4.78, 5) is 16.0. The second-order valence-electron chi connectivity index (χ2n) is 5.99. The third-order valence-electron chi connectivity index (χ3n) is 1.87. The second-order valence-corrected chi connectivity index (χ2v) is 5.99. The average molecular weight is 224 g/mol. The summed E-state index contributed by atoms with van der Waals surface area (Å²) in [6, 6.07) is 0. The first kappa shape index (κ1) is 12.7. The molecule has 0 spiro atoms. The van der Waals surface area contributed by atoms with Crippen LogP contribution in [0.15, 0.2) is 10.7 Å². The number of hydrogen-bond acceptors (Lipinski definition) is 3. The van der Waals surface area contributed by atoms with Gasteiger partial charge < -0.3 is 9.73 Å². The Hall–Kier alpha value is -1.32. The van der Waals surface area contributed by atoms with Crippen LogP contribution in [0.4, 0.5) is 0 Å². The fraction of sp³-hybridized carbons (Fsp3) is 0.667. The van der Waals surface area contributed by atoms with Gasteiger partial charge in [-0.05, 0) is 20.8 Å². The van der Waals surface area contributed by atoms with Crippen LogP contribution < -0.4 is 5.32 Å². The molecule has 0 fully saturated rings. The standard InChI is InChI=1S/C12H20N2O2/c1-11(2,3)10-13-8(7-16-10)9(15)14-12(4,5)6/h7H,1-6H3,(H,14,15). The van der Waals surface area contributed by atoms with Gasteiger partial charge in [0.25, 0.3) is 5.91 Å². The maximum absolute atomic E-state index is 11.8. The number of hydrogen-bond donors (Lipinski definition) is 1. The molecule has 0 bridgehead atoms. The molecule has 1 amide bonds. The summed E-state index contributed by atoms with van der Waals surface area (Å²) in [6.07, 6.45) is 1.40. The fourth-order valence-electron chi connectivity index (χ4n) is 1.13. The van der Waals surface area contributed by atoms with Crippen molar-refractivity contribution >= 4 is 5.91 Å². The Kier molecular flexibility index (Phi) is 3.13. The van der Waals surface area contributed by atoms with E-state index in [0.717, 1.165) is 0 Å². The number of nitrogens with zero attached hydrogens (tertiary/aromatic N) is 1. The summed E-state index contributed by atoms with van der Waals surface area (Å²) in [7, 11) is 0. The van der Waals surface area contributed by atoms with E-state index in [9.17, 15) is 4.79 Å². The Bertz CT molecular complexity index is 380. The lowest BCUT2D eigenvalue weighted by atomic mass is 9.97. The van der Waals surface area contributed by atoms with Crippen LogP contribution in [-0.4, -0.2) is 16.4 Å². The smallest absolute Gasteiger partial charge is 0.273 e. The summed E-state index contributed by atoms with van der Waals surface area (Å²) >= 11 is 0. The maximum atomic E-state index is 11.8. The van der Waals surface area contributed by atoms with Crippen LogP contribution in [0, 0.1) is 0 Å². The number of rotatable bonds is 1. The molecule has 0 saturated heterocycles. The van der Waals surface area contributed by atoms with Crippen LogP contribution in [0.2, 0.25) is 0 Å². The molecule has 16 heavy (non-hydrogen) atoms. The first-order chi connectivity index (χ1) is 7.09. The molecule has 4 heteroatoms. The largest absolute Gasteiger partial charge is 0.448 e. The van der Waals surface area contributed by atoms with E-state index in [1.54, 1.807) is 0 Å². The molecule has 4 nitrogen and oxygen atoms in total. The molecule has 0 aliphatic carbocycles. The van der Waals surface area contributed by atoms with Crippen molar-refractivity contribution in [2.45, 2.75) is 52.5 Å². The van der Waals surface area contributed by atoms with Gasteiger partial charge in [-0.15, -0.1) is 0 Å². The van der Waals surface area contributed by atoms with E-state index in [-0.39, 0.29) is 16.9 Å². The highest BCUT2D eigenvalue weighted by molar-refractivity contribution is 5.92. The average Bonchev–Trinajstić information content (AvgIpc) is 2.46. The molecule has 1 rings (SSSR count). The number of nitrogens with one attached hydrogen (secondary N) is 1. The third-order valence-corrected chi connectivity index (χ3v) is 1.87. The summed E-state index contributed by atoms with van der Waals surface area (Å²) in [5, 5.41) is 2.84. The van der Waals surface area contributed by atoms with Crippen LogP contribution in [0.3, 0.4) is 0 Å². The zero-order valence-corrected chi connectivity index (χ0v) is 10.8. The highest BCUT2D eigenvalue weighted by atomic mass is 16.3. The van der Waals surface area contributed by atoms with Gasteiger partial charge >= 0.3 is 0 Å². The van der Waals surface area contributed by atoms with Gasteiger partial charge in [-0.25, -0.2) is 4.98 Å². The quantitative estimate of drug-likeness (QED) is 0.797. The number of carbonyl (C=O) groups is 1. The highest BCUT2D eigenvalue weighted by Gasteiger charge is 2.23. The molecule has 0 atom stereocenters. The molecule has 0 aromatic carbocycles. The molecule has 0 unspecified atom stereocenters. The van der Waals surface area contributed by atoms with Crippen LogP contribution >= 0.6 is 0 Å². The van der Waals surface area contributed by atoms with Gasteiger partial charge in [0.05, 0.1) is 0 Å². The topological polar surface area (TPSA) is 55.1 Å². The maximum Gasteiger partial charge on any atom is 0.273 e. The lowest BCUT2D eigenvalue weighted by Gasteiger charge is -2.19. The zero-order chi connectivity index (χ0) is 12.6. The van der Waals surface area contributed by atoms with Gasteiger partial charge in [0.1, 0.15) is 6.26 Å². The summed E-state index contributed by atoms with van der Waals surface area (Å²) < 4.78 is 5.29. The van der Waals surface area contributed by atoms with Crippen molar-refractivity contribution in [1.82, 2.24) is 10.3 Å². The fourth-order valence-corrected chi connectivity index (χ4v) is 1.13. The van der Waals surface area contributed by atoms with Crippen LogP contribution in [-0.2, 0) is 5.41 Å². The normalized spacial score (nSPS) is 12.6. The Labute approximate surface area is 96.4 Å². The number of oxazole rings is 1. The molecule has 90 valence electrons. The van der Waals surface area contributed by atoms with Crippen molar-refractivity contribution in [3.8, 4) is 0 Å². The molecule has 1 N–H and O–H groups in total. The van der Waals surface area contributed by atoms with E-state index >= 15 is 0 Å². The van der Waals surface area contributed by atoms with Crippen LogP contribution in [0.1, 0.15) is 57.9 Å². The predicted octanol–water partition coefficient (Wildman–Crippen LogP) is 2.50. The first-order valence-corrected chi connectivity index (χ1v) is 5.38. The molecule has 1 aromatic heterocycles. The van der Waals surface area contributed by atoms with Gasteiger partial charge in [-0.1, -0.05) is 20.8 Å². The molecule has 0 radical (unpaired) electrons. The van der Waals surface area contributed by atoms with E-state index in [1.165, 1.54) is 6.26 Å². The van der Waals surface area contributed by atoms with Gasteiger partial charge in [0.2, 0.25) is 0 Å². The predicted molar refractivity (Wildman–Crippen MR) is 62.4 cm³/mol. The number of carbonyl (C=O) groups excluding carboxylic acids is 1. The summed E-state index contributed by atoms with van der Waals surface area (Å²) in [5.74, 6) is 0.373. The Morgan fingerprint density at radius 3 is 2.19 bits per heavy atom. The molecular formula is C12H20N2O2. The van der Waals surface area contributed by atoms with Gasteiger partial charge in [0, 0.05) is 11.0 Å². The third kappa shape index (κ3) is 3.36. The van der Waals surface area contributed by atoms with Gasteiger partial charge in [-0.2, -0.15) is 0 Å². The Balaban J connectivity index is 2.83. The lowest BCUT2D eigenvalue weighted by molar-refractivity contribution is 0.0914. The molecular weight excluding hydrogens is 204 g/mol. The summed E-state index contributed by atoms with van der Waals surface area (Å²) in [6.45, 7) is 11.7. The molecule has 1 aromatic rings. The van der Waals surface area contributed by atoms with E-state index < -0.39 is 0 Å². The zero-order valence-electron chi connectivity index (χ0n) is 10.8. The van der Waals surface area contributed by atoms with Crippen LogP contribution in [0.5, 0.6) is 0 Å². The minimum Gasteiger partial charge on any atom is -0.448 e. The Morgan fingerprint density at radius 1 is 1.25 bits per heavy atom. The minimum atomic E-state index is -0.266. The van der Waals surface area contributed by atoms with Crippen molar-refractivity contribution in [3.05, 3.63) is 17.8 Å². The second kappa shape index (κ2) is 3.92. The van der Waals surface area contributed by atoms with Crippen molar-refractivity contribution in [2.24, 2.45) is 0 Å². The van der Waals surface area contributed by atoms with E-state index in [0.29, 0.717) is 11.6 Å². The molecule has 0 aliphatic rings. The van der Waals surface area contributed by atoms with Gasteiger partial charge in [0.15, 0.2) is 11.6 Å². The molecule has 0 aliphatic heterocycles. The Morgan fingerprint density at radius 2 is 1.81 bits per heavy atom. The summed E-state index contributed by atoms with van der Waals surface area (Å²) in [5.41, 5.74) is -0.113. The first-order valence-electron chi connectivity index (χ1n) is 5.38. The van der Waals surface area contributed by atoms with Crippen molar-refractivity contribution < 1.29 is 9.21 Å². The minimum absolute atomic E-state index is 0.180. The lowest BCUT2D eigenvalue weighted by Crippen LogP contribution is -2.40. The van der Waals surface area contributed by atoms with Crippen molar-refractivity contribution in [2.75, 3.05) is 0 Å². The monoisotopic (exact) mass is 224 g/mol. The van der Waals surface area contributed by atoms with Gasteiger partial charge in [-0.3, -0.25) is 4.79 Å². The highest BCUT2D eigenvalue weighted by Crippen LogP contribution is 2.21. The molecule has 0 saturated carbocycles. The van der Waals surface area contributed by atoms with E-state index in [2.05, 4.69) is 10.3 Å². The number of amides is 1. The molecule has 1 heterocycles. The van der Waals surface area contributed by atoms with E-state index in [1.807, 2.05) is 41.5 Å². The number of aromatic nitrogens is 1. The van der Waals surface area contributed by atoms with Crippen molar-refractivity contribution in [3.63, 3.8) is 0 Å². The van der Waals surface area contributed by atoms with E-state index in [4.69, 9.17) is 4.42 Å². The SMILES string of the molecule is CC(C)(C)NC(=O)c1coc(C(C)(C)C)n1. The van der Waals surface area contributed by atoms with Crippen LogP contribution in [0.25, 0.3) is 0 Å². The van der Waals surface area contributed by atoms with Crippen molar-refractivity contribution in [1.29, 1.82) is 0 Å².